The molecule has 1 unspecified atom stereocenters. The zero-order valence-electron chi connectivity index (χ0n) is 8.55. The van der Waals surface area contributed by atoms with Gasteiger partial charge in [-0.3, -0.25) is 10.1 Å². The van der Waals surface area contributed by atoms with Crippen LogP contribution < -0.4 is 10.6 Å². The van der Waals surface area contributed by atoms with Crippen LogP contribution >= 0.6 is 27.7 Å². The van der Waals surface area contributed by atoms with Crippen LogP contribution in [0.3, 0.4) is 0 Å². The van der Waals surface area contributed by atoms with Crippen LogP contribution in [-0.4, -0.2) is 18.3 Å². The number of hydrogen-bond donors (Lipinski definition) is 2. The molecule has 1 spiro atoms. The van der Waals surface area contributed by atoms with Crippen molar-refractivity contribution in [2.24, 2.45) is 0 Å². The Bertz CT molecular complexity index is 465. The van der Waals surface area contributed by atoms with Gasteiger partial charge in [0, 0.05) is 15.1 Å². The Balaban J connectivity index is 2.18. The number of carbonyl (C=O) groups is 1. The lowest BCUT2D eigenvalue weighted by Crippen LogP contribution is -2.45. The van der Waals surface area contributed by atoms with Crippen molar-refractivity contribution in [1.29, 1.82) is 0 Å². The second kappa shape index (κ2) is 3.75. The molecule has 1 amide bonds. The van der Waals surface area contributed by atoms with Gasteiger partial charge in [-0.05, 0) is 30.2 Å². The highest BCUT2D eigenvalue weighted by Gasteiger charge is 2.46. The topological polar surface area (TPSA) is 41.1 Å². The number of carbonyl (C=O) groups excluding carboxylic acids is 1. The van der Waals surface area contributed by atoms with Crippen LogP contribution in [0.25, 0.3) is 0 Å². The Morgan fingerprint density at radius 2 is 2.31 bits per heavy atom. The lowest BCUT2D eigenvalue weighted by molar-refractivity contribution is -0.124. The molecule has 3 nitrogen and oxygen atoms in total. The first kappa shape index (κ1) is 10.6. The van der Waals surface area contributed by atoms with Crippen LogP contribution in [0, 0.1) is 0 Å². The van der Waals surface area contributed by atoms with E-state index < -0.39 is 5.54 Å². The second-order valence-corrected chi connectivity index (χ2v) is 6.06. The largest absolute Gasteiger partial charge is 0.342 e. The maximum atomic E-state index is 12.0. The highest BCUT2D eigenvalue weighted by atomic mass is 79.9. The fraction of sp³-hybridized carbons (Fsp3) is 0.364. The van der Waals surface area contributed by atoms with Gasteiger partial charge in [0.2, 0.25) is 5.91 Å². The summed E-state index contributed by atoms with van der Waals surface area (Å²) in [6, 6.07) is 6.16. The summed E-state index contributed by atoms with van der Waals surface area (Å²) in [6.45, 7) is 0.565. The number of benzene rings is 1. The molecule has 1 saturated heterocycles. The zero-order chi connectivity index (χ0) is 11.2. The summed E-state index contributed by atoms with van der Waals surface area (Å²) >= 11 is 5.29. The van der Waals surface area contributed by atoms with Crippen LogP contribution in [-0.2, 0) is 10.3 Å². The molecule has 1 aromatic carbocycles. The van der Waals surface area contributed by atoms with Gasteiger partial charge in [-0.1, -0.05) is 15.9 Å². The van der Waals surface area contributed by atoms with Gasteiger partial charge in [-0.2, -0.15) is 0 Å². The molecular weight excluding hydrogens is 288 g/mol. The smallest absolute Gasteiger partial charge is 0.246 e. The van der Waals surface area contributed by atoms with Crippen molar-refractivity contribution >= 4 is 33.6 Å². The Morgan fingerprint density at radius 3 is 3.06 bits per heavy atom. The van der Waals surface area contributed by atoms with E-state index >= 15 is 0 Å². The van der Waals surface area contributed by atoms with Gasteiger partial charge < -0.3 is 5.32 Å². The number of halogens is 1. The standard InChI is InChI=1S/C11H11BrN2OS/c12-7-1-2-9-8(5-7)11(3-4-16-9)10(15)13-6-14-11/h1-2,5,14H,3-4,6H2,(H,13,15). The minimum absolute atomic E-state index is 0.104. The Kier molecular flexibility index (Phi) is 2.49. The number of thioether (sulfide) groups is 1. The van der Waals surface area contributed by atoms with Gasteiger partial charge in [0.25, 0.3) is 0 Å². The molecule has 0 aliphatic carbocycles. The Hall–Kier alpha value is -0.520. The zero-order valence-corrected chi connectivity index (χ0v) is 11.0. The van der Waals surface area contributed by atoms with Gasteiger partial charge in [0.05, 0.1) is 6.67 Å². The van der Waals surface area contributed by atoms with E-state index in [1.54, 1.807) is 0 Å². The number of fused-ring (bicyclic) bond motifs is 2. The van der Waals surface area contributed by atoms with Gasteiger partial charge in [-0.25, -0.2) is 0 Å². The van der Waals surface area contributed by atoms with Crippen molar-refractivity contribution in [3.05, 3.63) is 28.2 Å². The van der Waals surface area contributed by atoms with E-state index in [9.17, 15) is 4.79 Å². The molecule has 2 aliphatic rings. The van der Waals surface area contributed by atoms with Gasteiger partial charge >= 0.3 is 0 Å². The first-order valence-corrected chi connectivity index (χ1v) is 6.96. The molecule has 0 aromatic heterocycles. The highest BCUT2D eigenvalue weighted by molar-refractivity contribution is 9.10. The lowest BCUT2D eigenvalue weighted by Gasteiger charge is -2.33. The normalized spacial score (nSPS) is 27.9. The molecule has 3 rings (SSSR count). The molecule has 84 valence electrons. The van der Waals surface area contributed by atoms with Crippen LogP contribution in [0.4, 0.5) is 0 Å². The first-order chi connectivity index (χ1) is 7.72. The van der Waals surface area contributed by atoms with E-state index in [-0.39, 0.29) is 5.91 Å². The van der Waals surface area contributed by atoms with Crippen molar-refractivity contribution < 1.29 is 4.79 Å². The summed E-state index contributed by atoms with van der Waals surface area (Å²) in [4.78, 5) is 13.2. The molecule has 0 bridgehead atoms. The second-order valence-electron chi connectivity index (χ2n) is 4.00. The Morgan fingerprint density at radius 1 is 1.44 bits per heavy atom. The summed E-state index contributed by atoms with van der Waals surface area (Å²) in [5.74, 6) is 1.09. The third-order valence-corrected chi connectivity index (χ3v) is 4.73. The number of rotatable bonds is 0. The molecule has 2 N–H and O–H groups in total. The van der Waals surface area contributed by atoms with Crippen LogP contribution in [0.2, 0.25) is 0 Å². The van der Waals surface area contributed by atoms with Crippen LogP contribution in [0.1, 0.15) is 12.0 Å². The van der Waals surface area contributed by atoms with E-state index in [1.807, 2.05) is 17.8 Å². The quantitative estimate of drug-likeness (QED) is 0.768. The third-order valence-electron chi connectivity index (χ3n) is 3.16. The van der Waals surface area contributed by atoms with Crippen molar-refractivity contribution in [3.8, 4) is 0 Å². The molecule has 0 radical (unpaired) electrons. The van der Waals surface area contributed by atoms with E-state index in [0.717, 1.165) is 22.2 Å². The number of amides is 1. The molecule has 1 fully saturated rings. The van der Waals surface area contributed by atoms with Crippen molar-refractivity contribution in [2.75, 3.05) is 12.4 Å². The maximum Gasteiger partial charge on any atom is 0.246 e. The minimum Gasteiger partial charge on any atom is -0.342 e. The van der Waals surface area contributed by atoms with Crippen molar-refractivity contribution in [1.82, 2.24) is 10.6 Å². The molecule has 2 aliphatic heterocycles. The Labute approximate surface area is 106 Å². The number of hydrogen-bond acceptors (Lipinski definition) is 3. The molecule has 2 heterocycles. The van der Waals surface area contributed by atoms with Crippen LogP contribution in [0.15, 0.2) is 27.6 Å². The number of nitrogens with one attached hydrogen (secondary N) is 2. The third kappa shape index (κ3) is 1.42. The van der Waals surface area contributed by atoms with Gasteiger partial charge in [-0.15, -0.1) is 11.8 Å². The molecule has 16 heavy (non-hydrogen) atoms. The van der Waals surface area contributed by atoms with E-state index in [0.29, 0.717) is 6.67 Å². The van der Waals surface area contributed by atoms with Gasteiger partial charge in [0.15, 0.2) is 0 Å². The minimum atomic E-state index is -0.496. The van der Waals surface area contributed by atoms with E-state index in [2.05, 4.69) is 38.7 Å². The summed E-state index contributed by atoms with van der Waals surface area (Å²) in [6.07, 6.45) is 0.854. The average Bonchev–Trinajstić information content (AvgIpc) is 2.63. The van der Waals surface area contributed by atoms with Crippen LogP contribution in [0.5, 0.6) is 0 Å². The van der Waals surface area contributed by atoms with Crippen molar-refractivity contribution in [3.63, 3.8) is 0 Å². The van der Waals surface area contributed by atoms with Gasteiger partial charge in [0.1, 0.15) is 5.54 Å². The molecule has 0 saturated carbocycles. The molecule has 5 heteroatoms. The molecule has 1 atom stereocenters. The summed E-state index contributed by atoms with van der Waals surface area (Å²) in [5.41, 5.74) is 0.609. The average molecular weight is 299 g/mol. The highest BCUT2D eigenvalue weighted by Crippen LogP contribution is 2.42. The summed E-state index contributed by atoms with van der Waals surface area (Å²) in [7, 11) is 0. The molecule has 1 aromatic rings. The molecular formula is C11H11BrN2OS. The first-order valence-electron chi connectivity index (χ1n) is 5.18. The fourth-order valence-electron chi connectivity index (χ4n) is 2.34. The van der Waals surface area contributed by atoms with Crippen molar-refractivity contribution in [2.45, 2.75) is 16.9 Å². The summed E-state index contributed by atoms with van der Waals surface area (Å²) < 4.78 is 1.02. The van der Waals surface area contributed by atoms with E-state index in [4.69, 9.17) is 0 Å². The lowest BCUT2D eigenvalue weighted by atomic mass is 9.87. The summed E-state index contributed by atoms with van der Waals surface area (Å²) in [5, 5.41) is 6.18. The monoisotopic (exact) mass is 298 g/mol. The van der Waals surface area contributed by atoms with E-state index in [1.165, 1.54) is 4.90 Å². The fourth-order valence-corrected chi connectivity index (χ4v) is 3.88. The predicted octanol–water partition coefficient (Wildman–Crippen LogP) is 1.82. The maximum absolute atomic E-state index is 12.0. The SMILES string of the molecule is O=C1NCNC12CCSc1ccc(Br)cc12. The predicted molar refractivity (Wildman–Crippen MR) is 67.3 cm³/mol.